The van der Waals surface area contributed by atoms with Gasteiger partial charge in [0, 0.05) is 6.54 Å². The van der Waals surface area contributed by atoms with Crippen LogP contribution in [0.25, 0.3) is 11.6 Å². The van der Waals surface area contributed by atoms with Gasteiger partial charge in [0.15, 0.2) is 5.76 Å². The quantitative estimate of drug-likeness (QED) is 0.350. The molecule has 1 unspecified atom stereocenters. The number of carbonyl (C=O) groups is 2. The van der Waals surface area contributed by atoms with E-state index in [4.69, 9.17) is 9.15 Å². The lowest BCUT2D eigenvalue weighted by Crippen LogP contribution is -2.51. The van der Waals surface area contributed by atoms with Crippen molar-refractivity contribution in [2.45, 2.75) is 39.4 Å². The molecule has 11 heteroatoms. The minimum Gasteiger partial charge on any atom is -0.497 e. The van der Waals surface area contributed by atoms with Crippen LogP contribution in [0.15, 0.2) is 65.1 Å². The molecule has 37 heavy (non-hydrogen) atoms. The Labute approximate surface area is 213 Å². The number of rotatable bonds is 10. The zero-order valence-corrected chi connectivity index (χ0v) is 20.7. The first-order chi connectivity index (χ1) is 17.9. The average molecular weight is 507 g/mol. The SMILES string of the molecule is CCC(C(=O)NCc1ccc(OC)cc1)N(C(=O)Cn1nnc(-c2ccc(C)o2)n1)c1ccccc1F. The Kier molecular flexibility index (Phi) is 7.92. The van der Waals surface area contributed by atoms with Gasteiger partial charge in [0.25, 0.3) is 5.91 Å². The number of furan rings is 1. The second-order valence-corrected chi connectivity index (χ2v) is 8.26. The Morgan fingerprint density at radius 1 is 1.14 bits per heavy atom. The van der Waals surface area contributed by atoms with Crippen LogP contribution in [0.1, 0.15) is 24.7 Å². The van der Waals surface area contributed by atoms with Crippen LogP contribution in [0.4, 0.5) is 10.1 Å². The lowest BCUT2D eigenvalue weighted by atomic mass is 10.1. The number of nitrogens with one attached hydrogen (secondary N) is 1. The van der Waals surface area contributed by atoms with Crippen LogP contribution in [0, 0.1) is 12.7 Å². The van der Waals surface area contributed by atoms with Crippen LogP contribution in [-0.4, -0.2) is 45.2 Å². The van der Waals surface area contributed by atoms with Gasteiger partial charge < -0.3 is 14.5 Å². The van der Waals surface area contributed by atoms with Crippen molar-refractivity contribution in [2.24, 2.45) is 0 Å². The van der Waals surface area contributed by atoms with E-state index in [2.05, 4.69) is 20.7 Å². The Bertz CT molecular complexity index is 1370. The number of amides is 2. The molecule has 0 fully saturated rings. The molecule has 0 aliphatic rings. The fourth-order valence-electron chi connectivity index (χ4n) is 3.82. The van der Waals surface area contributed by atoms with Gasteiger partial charge in [-0.15, -0.1) is 10.2 Å². The molecule has 4 rings (SSSR count). The van der Waals surface area contributed by atoms with E-state index in [1.54, 1.807) is 51.3 Å². The summed E-state index contributed by atoms with van der Waals surface area (Å²) in [7, 11) is 1.57. The van der Waals surface area contributed by atoms with Gasteiger partial charge >= 0.3 is 0 Å². The average Bonchev–Trinajstić information content (AvgIpc) is 3.55. The Morgan fingerprint density at radius 2 is 1.89 bits per heavy atom. The van der Waals surface area contributed by atoms with Crippen molar-refractivity contribution in [1.29, 1.82) is 0 Å². The second kappa shape index (κ2) is 11.5. The topological polar surface area (TPSA) is 115 Å². The van der Waals surface area contributed by atoms with Gasteiger partial charge in [-0.05, 0) is 60.5 Å². The largest absolute Gasteiger partial charge is 0.497 e. The maximum atomic E-state index is 14.8. The fourth-order valence-corrected chi connectivity index (χ4v) is 3.82. The molecule has 192 valence electrons. The number of hydrogen-bond donors (Lipinski definition) is 1. The van der Waals surface area contributed by atoms with Gasteiger partial charge in [0.2, 0.25) is 11.7 Å². The van der Waals surface area contributed by atoms with Crippen LogP contribution in [0.2, 0.25) is 0 Å². The minimum atomic E-state index is -0.974. The van der Waals surface area contributed by atoms with Gasteiger partial charge in [-0.1, -0.05) is 31.2 Å². The normalized spacial score (nSPS) is 11.7. The fraction of sp³-hybridized carbons (Fsp3) is 0.269. The van der Waals surface area contributed by atoms with E-state index < -0.39 is 23.7 Å². The number of ether oxygens (including phenoxy) is 1. The Balaban J connectivity index is 1.55. The summed E-state index contributed by atoms with van der Waals surface area (Å²) in [6, 6.07) is 15.5. The lowest BCUT2D eigenvalue weighted by Gasteiger charge is -2.30. The molecule has 4 aromatic rings. The summed E-state index contributed by atoms with van der Waals surface area (Å²) in [5.74, 6) is 0.374. The predicted octanol–water partition coefficient (Wildman–Crippen LogP) is 3.52. The van der Waals surface area contributed by atoms with Crippen LogP contribution >= 0.6 is 0 Å². The number of anilines is 1. The second-order valence-electron chi connectivity index (χ2n) is 8.26. The van der Waals surface area contributed by atoms with Gasteiger partial charge in [0.1, 0.15) is 29.9 Å². The summed E-state index contributed by atoms with van der Waals surface area (Å²) >= 11 is 0. The highest BCUT2D eigenvalue weighted by Gasteiger charge is 2.32. The van der Waals surface area contributed by atoms with Gasteiger partial charge in [-0.25, -0.2) is 4.39 Å². The highest BCUT2D eigenvalue weighted by Crippen LogP contribution is 2.24. The number of aryl methyl sites for hydroxylation is 1. The molecule has 0 aliphatic carbocycles. The molecule has 2 amide bonds. The number of halogens is 1. The smallest absolute Gasteiger partial charge is 0.251 e. The molecule has 2 heterocycles. The molecule has 10 nitrogen and oxygen atoms in total. The monoisotopic (exact) mass is 506 g/mol. The Hall–Kier alpha value is -4.54. The molecular formula is C26H27FN6O4. The lowest BCUT2D eigenvalue weighted by molar-refractivity contribution is -0.127. The van der Waals surface area contributed by atoms with Crippen LogP contribution in [0.3, 0.4) is 0 Å². The molecule has 0 aliphatic heterocycles. The van der Waals surface area contributed by atoms with E-state index in [1.165, 1.54) is 18.2 Å². The summed E-state index contributed by atoms with van der Waals surface area (Å²) in [6.45, 7) is 3.41. The van der Waals surface area contributed by atoms with Gasteiger partial charge in [-0.3, -0.25) is 14.5 Å². The van der Waals surface area contributed by atoms with Crippen molar-refractivity contribution in [3.05, 3.63) is 77.8 Å². The maximum Gasteiger partial charge on any atom is 0.251 e. The molecule has 2 aromatic heterocycles. The molecular weight excluding hydrogens is 479 g/mol. The first-order valence-electron chi connectivity index (χ1n) is 11.7. The first-order valence-corrected chi connectivity index (χ1v) is 11.7. The summed E-state index contributed by atoms with van der Waals surface area (Å²) in [5.41, 5.74) is 0.834. The van der Waals surface area contributed by atoms with Crippen LogP contribution in [0.5, 0.6) is 5.75 Å². The molecule has 0 radical (unpaired) electrons. The Morgan fingerprint density at radius 3 is 2.54 bits per heavy atom. The zero-order valence-electron chi connectivity index (χ0n) is 20.7. The van der Waals surface area contributed by atoms with E-state index >= 15 is 0 Å². The predicted molar refractivity (Wildman–Crippen MR) is 133 cm³/mol. The standard InChI is InChI=1S/C26H27FN6O4/c1-4-21(26(35)28-15-18-10-12-19(36-3)13-11-18)33(22-8-6-5-7-20(22)27)24(34)16-32-30-25(29-31-32)23-14-9-17(2)37-23/h5-14,21H,4,15-16H2,1-3H3,(H,28,35). The van der Waals surface area contributed by atoms with E-state index in [0.29, 0.717) is 17.3 Å². The van der Waals surface area contributed by atoms with Crippen molar-refractivity contribution in [3.63, 3.8) is 0 Å². The van der Waals surface area contributed by atoms with Gasteiger partial charge in [-0.2, -0.15) is 4.80 Å². The summed E-state index contributed by atoms with van der Waals surface area (Å²) in [4.78, 5) is 28.9. The van der Waals surface area contributed by atoms with Crippen molar-refractivity contribution in [1.82, 2.24) is 25.5 Å². The molecule has 0 saturated heterocycles. The minimum absolute atomic E-state index is 0.0130. The number of tetrazole rings is 1. The molecule has 1 atom stereocenters. The number of hydrogen-bond acceptors (Lipinski definition) is 7. The molecule has 0 saturated carbocycles. The number of aromatic nitrogens is 4. The van der Waals surface area contributed by atoms with Crippen LogP contribution in [-0.2, 0) is 22.7 Å². The third-order valence-electron chi connectivity index (χ3n) is 5.70. The number of para-hydroxylation sites is 1. The van der Waals surface area contributed by atoms with Crippen molar-refractivity contribution in [3.8, 4) is 17.3 Å². The van der Waals surface area contributed by atoms with E-state index in [1.807, 2.05) is 12.1 Å². The van der Waals surface area contributed by atoms with Crippen molar-refractivity contribution in [2.75, 3.05) is 12.0 Å². The molecule has 0 spiro atoms. The van der Waals surface area contributed by atoms with E-state index in [-0.39, 0.29) is 31.0 Å². The zero-order chi connectivity index (χ0) is 26.4. The maximum absolute atomic E-state index is 14.8. The van der Waals surface area contributed by atoms with Crippen LogP contribution < -0.4 is 15.0 Å². The highest BCUT2D eigenvalue weighted by atomic mass is 19.1. The van der Waals surface area contributed by atoms with E-state index in [0.717, 1.165) is 15.3 Å². The number of benzene rings is 2. The van der Waals surface area contributed by atoms with Crippen molar-refractivity contribution < 1.29 is 23.1 Å². The molecule has 2 aromatic carbocycles. The summed E-state index contributed by atoms with van der Waals surface area (Å²) < 4.78 is 25.5. The third-order valence-corrected chi connectivity index (χ3v) is 5.70. The summed E-state index contributed by atoms with van der Waals surface area (Å²) in [5, 5.41) is 14.9. The molecule has 1 N–H and O–H groups in total. The number of methoxy groups -OCH3 is 1. The third kappa shape index (κ3) is 6.00. The number of carbonyl (C=O) groups excluding carboxylic acids is 2. The highest BCUT2D eigenvalue weighted by molar-refractivity contribution is 6.00. The number of nitrogens with zero attached hydrogens (tertiary/aromatic N) is 5. The van der Waals surface area contributed by atoms with Crippen molar-refractivity contribution >= 4 is 17.5 Å². The summed E-state index contributed by atoms with van der Waals surface area (Å²) in [6.07, 6.45) is 0.246. The van der Waals surface area contributed by atoms with E-state index in [9.17, 15) is 14.0 Å². The van der Waals surface area contributed by atoms with Gasteiger partial charge in [0.05, 0.1) is 12.8 Å². The molecule has 0 bridgehead atoms. The first kappa shape index (κ1) is 25.5.